The third kappa shape index (κ3) is 2.26. The predicted octanol–water partition coefficient (Wildman–Crippen LogP) is 4.00. The van der Waals surface area contributed by atoms with E-state index in [4.69, 9.17) is 5.26 Å². The van der Waals surface area contributed by atoms with E-state index in [1.54, 1.807) is 6.07 Å². The van der Waals surface area contributed by atoms with E-state index in [0.29, 0.717) is 12.5 Å². The molecule has 1 aliphatic carbocycles. The van der Waals surface area contributed by atoms with Gasteiger partial charge in [-0.3, -0.25) is 0 Å². The molecular weight excluding hydrogens is 258 g/mol. The van der Waals surface area contributed by atoms with Crippen LogP contribution >= 0.6 is 0 Å². The van der Waals surface area contributed by atoms with Crippen LogP contribution in [0.4, 0.5) is 14.5 Å². The summed E-state index contributed by atoms with van der Waals surface area (Å²) in [5.74, 6) is -0.648. The van der Waals surface area contributed by atoms with Gasteiger partial charge in [0, 0.05) is 12.6 Å². The summed E-state index contributed by atoms with van der Waals surface area (Å²) >= 11 is 0. The van der Waals surface area contributed by atoms with Gasteiger partial charge in [0.05, 0.1) is 11.6 Å². The van der Waals surface area contributed by atoms with E-state index in [0.717, 1.165) is 25.0 Å². The summed E-state index contributed by atoms with van der Waals surface area (Å²) in [5, 5.41) is 8.77. The molecule has 1 aromatic rings. The van der Waals surface area contributed by atoms with E-state index >= 15 is 0 Å². The second-order valence-corrected chi connectivity index (χ2v) is 5.85. The molecule has 2 aliphatic rings. The average molecular weight is 276 g/mol. The minimum Gasteiger partial charge on any atom is -0.364 e. The zero-order valence-corrected chi connectivity index (χ0v) is 11.4. The fourth-order valence-corrected chi connectivity index (χ4v) is 3.81. The smallest absolute Gasteiger partial charge is 0.150 e. The van der Waals surface area contributed by atoms with Gasteiger partial charge < -0.3 is 4.90 Å². The first-order valence-corrected chi connectivity index (χ1v) is 7.36. The zero-order valence-electron chi connectivity index (χ0n) is 11.4. The van der Waals surface area contributed by atoms with Crippen molar-refractivity contribution in [2.24, 2.45) is 5.92 Å². The molecule has 1 heterocycles. The van der Waals surface area contributed by atoms with Gasteiger partial charge in [0.15, 0.2) is 11.6 Å². The fraction of sp³-hybridized carbons (Fsp3) is 0.562. The van der Waals surface area contributed by atoms with Crippen LogP contribution in [0.25, 0.3) is 0 Å². The van der Waals surface area contributed by atoms with Crippen molar-refractivity contribution in [2.45, 2.75) is 44.6 Å². The molecule has 2 fully saturated rings. The first-order chi connectivity index (χ1) is 9.70. The molecule has 0 aromatic heterocycles. The third-order valence-corrected chi connectivity index (χ3v) is 4.68. The number of nitrogens with zero attached hydrogens (tertiary/aromatic N) is 2. The Labute approximate surface area is 118 Å². The third-order valence-electron chi connectivity index (χ3n) is 4.68. The van der Waals surface area contributed by atoms with Crippen LogP contribution in [0.3, 0.4) is 0 Å². The molecule has 2 nitrogen and oxygen atoms in total. The molecule has 0 amide bonds. The minimum atomic E-state index is -0.605. The highest BCUT2D eigenvalue weighted by molar-refractivity contribution is 5.54. The van der Waals surface area contributed by atoms with Crippen molar-refractivity contribution in [3.05, 3.63) is 29.3 Å². The number of anilines is 1. The number of halogens is 2. The average Bonchev–Trinajstić information content (AvgIpc) is 3.07. The molecule has 1 aliphatic heterocycles. The Morgan fingerprint density at radius 3 is 2.30 bits per heavy atom. The van der Waals surface area contributed by atoms with Crippen molar-refractivity contribution in [2.75, 3.05) is 11.4 Å². The van der Waals surface area contributed by atoms with E-state index < -0.39 is 11.6 Å². The van der Waals surface area contributed by atoms with Crippen molar-refractivity contribution in [3.63, 3.8) is 0 Å². The topological polar surface area (TPSA) is 27.0 Å². The molecule has 0 N–H and O–H groups in total. The number of nitriles is 1. The second kappa shape index (κ2) is 5.40. The Balaban J connectivity index is 1.93. The highest BCUT2D eigenvalue weighted by Gasteiger charge is 2.35. The molecule has 1 unspecified atom stereocenters. The van der Waals surface area contributed by atoms with Gasteiger partial charge in [-0.2, -0.15) is 5.26 Å². The first-order valence-electron chi connectivity index (χ1n) is 7.36. The van der Waals surface area contributed by atoms with Gasteiger partial charge in [0.25, 0.3) is 0 Å². The van der Waals surface area contributed by atoms with Gasteiger partial charge in [-0.15, -0.1) is 0 Å². The maximum atomic E-state index is 14.2. The Morgan fingerprint density at radius 1 is 1.05 bits per heavy atom. The summed E-state index contributed by atoms with van der Waals surface area (Å²) in [6.45, 7) is 0.709. The van der Waals surface area contributed by atoms with Crippen LogP contribution in [0, 0.1) is 28.9 Å². The lowest BCUT2D eigenvalue weighted by molar-refractivity contribution is 0.423. The summed E-state index contributed by atoms with van der Waals surface area (Å²) in [6.07, 6.45) is 6.80. The highest BCUT2D eigenvalue weighted by atomic mass is 19.1. The van der Waals surface area contributed by atoms with Gasteiger partial charge in [-0.25, -0.2) is 8.78 Å². The van der Waals surface area contributed by atoms with Crippen molar-refractivity contribution in [1.29, 1.82) is 5.26 Å². The van der Waals surface area contributed by atoms with E-state index in [1.165, 1.54) is 25.7 Å². The van der Waals surface area contributed by atoms with Gasteiger partial charge >= 0.3 is 0 Å². The minimum absolute atomic E-state index is 0.0420. The zero-order chi connectivity index (χ0) is 14.1. The molecule has 0 spiro atoms. The van der Waals surface area contributed by atoms with Crippen LogP contribution in [0.1, 0.15) is 44.1 Å². The molecule has 1 saturated heterocycles. The molecule has 3 rings (SSSR count). The maximum absolute atomic E-state index is 14.2. The summed E-state index contributed by atoms with van der Waals surface area (Å²) in [4.78, 5) is 1.90. The largest absolute Gasteiger partial charge is 0.364 e. The van der Waals surface area contributed by atoms with E-state index in [2.05, 4.69) is 0 Å². The van der Waals surface area contributed by atoms with Crippen molar-refractivity contribution in [1.82, 2.24) is 0 Å². The molecule has 0 bridgehead atoms. The molecule has 1 atom stereocenters. The summed E-state index contributed by atoms with van der Waals surface area (Å²) in [6, 6.07) is 4.34. The van der Waals surface area contributed by atoms with Crippen molar-refractivity contribution in [3.8, 4) is 6.07 Å². The van der Waals surface area contributed by atoms with E-state index in [1.807, 2.05) is 4.90 Å². The molecule has 106 valence electrons. The standard InChI is InChI=1S/C16H18F2N2/c17-13-8-11(10-19)9-14(18)16(13)20-7-3-6-15(20)12-4-1-2-5-12/h8-9,12,15H,1-7H2. The van der Waals surface area contributed by atoms with Crippen LogP contribution in [0.15, 0.2) is 12.1 Å². The summed E-state index contributed by atoms with van der Waals surface area (Å²) in [7, 11) is 0. The molecule has 1 saturated carbocycles. The molecule has 1 aromatic carbocycles. The number of rotatable bonds is 2. The fourth-order valence-electron chi connectivity index (χ4n) is 3.81. The second-order valence-electron chi connectivity index (χ2n) is 5.85. The van der Waals surface area contributed by atoms with E-state index in [9.17, 15) is 8.78 Å². The van der Waals surface area contributed by atoms with Crippen LogP contribution in [0.2, 0.25) is 0 Å². The number of hydrogen-bond donors (Lipinski definition) is 0. The highest BCUT2D eigenvalue weighted by Crippen LogP contribution is 2.39. The van der Waals surface area contributed by atoms with Crippen LogP contribution in [-0.4, -0.2) is 12.6 Å². The molecular formula is C16H18F2N2. The maximum Gasteiger partial charge on any atom is 0.150 e. The van der Waals surface area contributed by atoms with Gasteiger partial charge in [-0.1, -0.05) is 12.8 Å². The first kappa shape index (κ1) is 13.4. The van der Waals surface area contributed by atoms with Crippen LogP contribution in [0.5, 0.6) is 0 Å². The number of hydrogen-bond acceptors (Lipinski definition) is 2. The molecule has 0 radical (unpaired) electrons. The van der Waals surface area contributed by atoms with Gasteiger partial charge in [0.1, 0.15) is 5.69 Å². The SMILES string of the molecule is N#Cc1cc(F)c(N2CCCC2C2CCCC2)c(F)c1. The lowest BCUT2D eigenvalue weighted by Gasteiger charge is -2.31. The van der Waals surface area contributed by atoms with Gasteiger partial charge in [-0.05, 0) is 43.7 Å². The predicted molar refractivity (Wildman–Crippen MR) is 73.4 cm³/mol. The normalized spacial score (nSPS) is 23.2. The van der Waals surface area contributed by atoms with E-state index in [-0.39, 0.29) is 17.3 Å². The molecule has 4 heteroatoms. The van der Waals surface area contributed by atoms with Crippen LogP contribution in [-0.2, 0) is 0 Å². The Bertz CT molecular complexity index is 521. The lowest BCUT2D eigenvalue weighted by atomic mass is 9.95. The van der Waals surface area contributed by atoms with Crippen molar-refractivity contribution < 1.29 is 8.78 Å². The Morgan fingerprint density at radius 2 is 1.70 bits per heavy atom. The Kier molecular flexibility index (Phi) is 3.60. The van der Waals surface area contributed by atoms with Gasteiger partial charge in [0.2, 0.25) is 0 Å². The van der Waals surface area contributed by atoms with Crippen molar-refractivity contribution >= 4 is 5.69 Å². The lowest BCUT2D eigenvalue weighted by Crippen LogP contribution is -2.35. The Hall–Kier alpha value is -1.63. The van der Waals surface area contributed by atoms with Crippen LogP contribution < -0.4 is 4.90 Å². The quantitative estimate of drug-likeness (QED) is 0.816. The summed E-state index contributed by atoms with van der Waals surface area (Å²) < 4.78 is 28.4. The number of benzene rings is 1. The summed E-state index contributed by atoms with van der Waals surface area (Å²) in [5.41, 5.74) is 0.110. The monoisotopic (exact) mass is 276 g/mol. The molecule has 20 heavy (non-hydrogen) atoms.